The highest BCUT2D eigenvalue weighted by atomic mass is 16.3. The number of nitrogens with zero attached hydrogens (tertiary/aromatic N) is 2. The van der Waals surface area contributed by atoms with Gasteiger partial charge in [0.15, 0.2) is 0 Å². The topological polar surface area (TPSA) is 36.4 Å². The van der Waals surface area contributed by atoms with Crippen molar-refractivity contribution in [3.63, 3.8) is 0 Å². The molecule has 3 aromatic rings. The van der Waals surface area contributed by atoms with Crippen molar-refractivity contribution in [2.75, 3.05) is 18.1 Å². The van der Waals surface area contributed by atoms with E-state index in [1.54, 1.807) is 0 Å². The van der Waals surface area contributed by atoms with Crippen LogP contribution in [0.25, 0.3) is 10.9 Å². The van der Waals surface area contributed by atoms with E-state index in [1.165, 1.54) is 34.3 Å². The van der Waals surface area contributed by atoms with Gasteiger partial charge in [-0.15, -0.1) is 0 Å². The Morgan fingerprint density at radius 2 is 1.75 bits per heavy atom. The van der Waals surface area contributed by atoms with Gasteiger partial charge in [0, 0.05) is 24.2 Å². The first kappa shape index (κ1) is 15.2. The summed E-state index contributed by atoms with van der Waals surface area (Å²) in [7, 11) is 0. The molecule has 24 heavy (non-hydrogen) atoms. The van der Waals surface area contributed by atoms with Crippen LogP contribution in [0.3, 0.4) is 0 Å². The minimum absolute atomic E-state index is 0.151. The van der Waals surface area contributed by atoms with Gasteiger partial charge < -0.3 is 10.0 Å². The Kier molecular flexibility index (Phi) is 4.18. The molecule has 0 saturated carbocycles. The lowest BCUT2D eigenvalue weighted by Crippen LogP contribution is -2.27. The van der Waals surface area contributed by atoms with Crippen LogP contribution in [0.5, 0.6) is 0 Å². The SMILES string of the molecule is OCCN(Cc1ccccc1)c1c2c(nc3ccccc13)CCC2. The number of aliphatic hydroxyl groups is 1. The Labute approximate surface area is 142 Å². The lowest BCUT2D eigenvalue weighted by molar-refractivity contribution is 0.301. The first-order valence-electron chi connectivity index (χ1n) is 8.67. The van der Waals surface area contributed by atoms with Crippen LogP contribution >= 0.6 is 0 Å². The molecular formula is C21H22N2O. The quantitative estimate of drug-likeness (QED) is 0.779. The van der Waals surface area contributed by atoms with Crippen LogP contribution in [0.4, 0.5) is 5.69 Å². The van der Waals surface area contributed by atoms with Crippen LogP contribution in [0.2, 0.25) is 0 Å². The zero-order valence-corrected chi connectivity index (χ0v) is 13.8. The zero-order valence-electron chi connectivity index (χ0n) is 13.8. The number of hydrogen-bond acceptors (Lipinski definition) is 3. The summed E-state index contributed by atoms with van der Waals surface area (Å²) < 4.78 is 0. The van der Waals surface area contributed by atoms with E-state index in [4.69, 9.17) is 4.98 Å². The second kappa shape index (κ2) is 6.62. The van der Waals surface area contributed by atoms with E-state index >= 15 is 0 Å². The minimum Gasteiger partial charge on any atom is -0.395 e. The monoisotopic (exact) mass is 318 g/mol. The molecule has 0 spiro atoms. The maximum absolute atomic E-state index is 9.64. The molecule has 3 nitrogen and oxygen atoms in total. The molecule has 3 heteroatoms. The van der Waals surface area contributed by atoms with E-state index in [0.717, 1.165) is 24.9 Å². The molecule has 0 saturated heterocycles. The highest BCUT2D eigenvalue weighted by Crippen LogP contribution is 2.37. The van der Waals surface area contributed by atoms with Crippen molar-refractivity contribution in [3.8, 4) is 0 Å². The van der Waals surface area contributed by atoms with E-state index in [0.29, 0.717) is 6.54 Å². The van der Waals surface area contributed by atoms with E-state index in [2.05, 4.69) is 47.4 Å². The van der Waals surface area contributed by atoms with Crippen LogP contribution < -0.4 is 4.90 Å². The Morgan fingerprint density at radius 1 is 0.958 bits per heavy atom. The fourth-order valence-electron chi connectivity index (χ4n) is 3.74. The number of aliphatic hydroxyl groups excluding tert-OH is 1. The van der Waals surface area contributed by atoms with Crippen molar-refractivity contribution < 1.29 is 5.11 Å². The number of pyridine rings is 1. The maximum Gasteiger partial charge on any atom is 0.0726 e. The van der Waals surface area contributed by atoms with Gasteiger partial charge in [-0.05, 0) is 36.5 Å². The summed E-state index contributed by atoms with van der Waals surface area (Å²) in [4.78, 5) is 7.20. The molecule has 0 atom stereocenters. The molecule has 0 amide bonds. The lowest BCUT2D eigenvalue weighted by atomic mass is 10.0. The standard InChI is InChI=1S/C21H22N2O/c24-14-13-23(15-16-7-2-1-3-8-16)21-17-9-4-5-11-19(17)22-20-12-6-10-18(20)21/h1-5,7-9,11,24H,6,10,12-15H2. The minimum atomic E-state index is 0.151. The summed E-state index contributed by atoms with van der Waals surface area (Å²) in [6, 6.07) is 18.9. The number of hydrogen-bond donors (Lipinski definition) is 1. The second-order valence-electron chi connectivity index (χ2n) is 6.39. The zero-order chi connectivity index (χ0) is 16.4. The van der Waals surface area contributed by atoms with Gasteiger partial charge in [0.05, 0.1) is 17.8 Å². The highest BCUT2D eigenvalue weighted by Gasteiger charge is 2.23. The normalized spacial score (nSPS) is 13.2. The van der Waals surface area contributed by atoms with Crippen LogP contribution in [0.15, 0.2) is 54.6 Å². The molecule has 0 unspecified atom stereocenters. The maximum atomic E-state index is 9.64. The summed E-state index contributed by atoms with van der Waals surface area (Å²) in [5.41, 5.74) is 6.20. The van der Waals surface area contributed by atoms with E-state index in [9.17, 15) is 5.11 Å². The molecule has 4 rings (SSSR count). The molecule has 2 aromatic carbocycles. The number of aromatic nitrogens is 1. The molecule has 1 aliphatic rings. The van der Waals surface area contributed by atoms with Crippen LogP contribution in [-0.4, -0.2) is 23.2 Å². The van der Waals surface area contributed by atoms with Crippen LogP contribution in [0.1, 0.15) is 23.2 Å². The molecule has 122 valence electrons. The first-order valence-corrected chi connectivity index (χ1v) is 8.67. The number of rotatable bonds is 5. The Bertz CT molecular complexity index is 845. The van der Waals surface area contributed by atoms with Gasteiger partial charge in [-0.3, -0.25) is 4.98 Å². The number of fused-ring (bicyclic) bond motifs is 2. The highest BCUT2D eigenvalue weighted by molar-refractivity contribution is 5.94. The fraction of sp³-hybridized carbons (Fsp3) is 0.286. The molecule has 1 aliphatic carbocycles. The fourth-order valence-corrected chi connectivity index (χ4v) is 3.74. The number of anilines is 1. The molecule has 1 heterocycles. The van der Waals surface area contributed by atoms with Crippen molar-refractivity contribution in [3.05, 3.63) is 71.4 Å². The number of aryl methyl sites for hydroxylation is 1. The van der Waals surface area contributed by atoms with Gasteiger partial charge >= 0.3 is 0 Å². The van der Waals surface area contributed by atoms with Gasteiger partial charge in [0.2, 0.25) is 0 Å². The molecule has 0 bridgehead atoms. The largest absolute Gasteiger partial charge is 0.395 e. The van der Waals surface area contributed by atoms with Crippen molar-refractivity contribution in [1.82, 2.24) is 4.98 Å². The predicted molar refractivity (Wildman–Crippen MR) is 98.3 cm³/mol. The summed E-state index contributed by atoms with van der Waals surface area (Å²) in [5, 5.41) is 10.8. The smallest absolute Gasteiger partial charge is 0.0726 e. The number of para-hydroxylation sites is 1. The van der Waals surface area contributed by atoms with Gasteiger partial charge in [-0.2, -0.15) is 0 Å². The van der Waals surface area contributed by atoms with Crippen molar-refractivity contribution in [2.24, 2.45) is 0 Å². The van der Waals surface area contributed by atoms with Crippen LogP contribution in [0, 0.1) is 0 Å². The third-order valence-corrected chi connectivity index (χ3v) is 4.79. The second-order valence-corrected chi connectivity index (χ2v) is 6.39. The Morgan fingerprint density at radius 3 is 2.58 bits per heavy atom. The van der Waals surface area contributed by atoms with E-state index in [-0.39, 0.29) is 6.61 Å². The molecule has 1 aromatic heterocycles. The molecular weight excluding hydrogens is 296 g/mol. The first-order chi connectivity index (χ1) is 11.9. The Hall–Kier alpha value is -2.39. The molecule has 0 radical (unpaired) electrons. The summed E-state index contributed by atoms with van der Waals surface area (Å²) >= 11 is 0. The molecule has 1 N–H and O–H groups in total. The van der Waals surface area contributed by atoms with E-state index in [1.807, 2.05) is 12.1 Å². The summed E-state index contributed by atoms with van der Waals surface area (Å²) in [6.45, 7) is 1.59. The van der Waals surface area contributed by atoms with Gasteiger partial charge in [0.25, 0.3) is 0 Å². The summed E-state index contributed by atoms with van der Waals surface area (Å²) in [5.74, 6) is 0. The molecule has 0 fully saturated rings. The van der Waals surface area contributed by atoms with Crippen molar-refractivity contribution >= 4 is 16.6 Å². The average Bonchev–Trinajstić information content (AvgIpc) is 3.08. The van der Waals surface area contributed by atoms with Crippen LogP contribution in [-0.2, 0) is 19.4 Å². The molecule has 0 aliphatic heterocycles. The van der Waals surface area contributed by atoms with Crippen molar-refractivity contribution in [1.29, 1.82) is 0 Å². The van der Waals surface area contributed by atoms with Gasteiger partial charge in [0.1, 0.15) is 0 Å². The van der Waals surface area contributed by atoms with Gasteiger partial charge in [-0.1, -0.05) is 48.5 Å². The van der Waals surface area contributed by atoms with Crippen molar-refractivity contribution in [2.45, 2.75) is 25.8 Å². The number of benzene rings is 2. The summed E-state index contributed by atoms with van der Waals surface area (Å²) in [6.07, 6.45) is 3.31. The van der Waals surface area contributed by atoms with Gasteiger partial charge in [-0.25, -0.2) is 0 Å². The average molecular weight is 318 g/mol. The Balaban J connectivity index is 1.85. The van der Waals surface area contributed by atoms with E-state index < -0.39 is 0 Å². The predicted octanol–water partition coefficient (Wildman–Crippen LogP) is 3.72. The third-order valence-electron chi connectivity index (χ3n) is 4.79. The lowest BCUT2D eigenvalue weighted by Gasteiger charge is -2.28. The third kappa shape index (κ3) is 2.76.